The molecule has 0 N–H and O–H groups in total. The fourth-order valence-corrected chi connectivity index (χ4v) is 4.27. The zero-order valence-electron chi connectivity index (χ0n) is 27.7. The number of rotatable bonds is 0. The molecule has 0 saturated heterocycles. The van der Waals surface area contributed by atoms with Crippen LogP contribution >= 0.6 is 24.8 Å². The van der Waals surface area contributed by atoms with Crippen molar-refractivity contribution < 1.29 is 20.0 Å². The summed E-state index contributed by atoms with van der Waals surface area (Å²) in [6.45, 7) is 17.8. The molecule has 0 atom stereocenters. The monoisotopic (exact) mass is 658 g/mol. The normalized spacial score (nSPS) is 11.5. The Labute approximate surface area is 292 Å². The minimum atomic E-state index is 0. The molecule has 44 heavy (non-hydrogen) atoms. The van der Waals surface area contributed by atoms with Crippen LogP contribution in [-0.2, 0) is 37.2 Å². The van der Waals surface area contributed by atoms with Gasteiger partial charge in [-0.15, -0.1) is 36.8 Å². The zero-order valence-corrected chi connectivity index (χ0v) is 30.9. The molecule has 3 heteroatoms. The topological polar surface area (TPSA) is 0 Å². The van der Waals surface area contributed by atoms with Crippen LogP contribution in [0.5, 0.6) is 0 Å². The van der Waals surface area contributed by atoms with E-state index in [1.54, 1.807) is 20.0 Å². The third-order valence-electron chi connectivity index (χ3n) is 6.88. The van der Waals surface area contributed by atoms with Crippen LogP contribution < -0.4 is 0 Å². The van der Waals surface area contributed by atoms with Crippen LogP contribution in [-0.4, -0.2) is 4.82 Å². The first-order valence-corrected chi connectivity index (χ1v) is 15.7. The van der Waals surface area contributed by atoms with Gasteiger partial charge in [-0.05, 0) is 17.4 Å². The third kappa shape index (κ3) is 14.1. The molecule has 0 saturated carbocycles. The average Bonchev–Trinajstić information content (AvgIpc) is 3.66. The molecule has 0 heterocycles. The number of benzene rings is 4. The Kier molecular flexibility index (Phi) is 19.4. The van der Waals surface area contributed by atoms with E-state index in [4.69, 9.17) is 0 Å². The van der Waals surface area contributed by atoms with Gasteiger partial charge in [-0.25, -0.2) is 12.2 Å². The second-order valence-electron chi connectivity index (χ2n) is 12.5. The van der Waals surface area contributed by atoms with E-state index in [2.05, 4.69) is 121 Å². The second-order valence-corrected chi connectivity index (χ2v) is 12.5. The SMILES string of the molecule is CC(C)(C)c1c[c-]c2c(c1)-c1cc(C(C)(C)C)ccc1C2.Cc1cc[c-]cc1.Cc1cc[c-]cc1.Cl.Cl.[C-]1=CC=CC1.[CH2]=[Ti]. The molecular formula is C41H48Cl2Ti-4. The van der Waals surface area contributed by atoms with Gasteiger partial charge in [-0.1, -0.05) is 90.1 Å². The predicted octanol–water partition coefficient (Wildman–Crippen LogP) is 11.4. The number of hydrogen-bond donors (Lipinski definition) is 0. The van der Waals surface area contributed by atoms with Crippen molar-refractivity contribution in [3.63, 3.8) is 0 Å². The predicted molar refractivity (Wildman–Crippen MR) is 194 cm³/mol. The molecule has 4 aromatic rings. The molecule has 0 amide bonds. The first kappa shape index (κ1) is 41.5. The van der Waals surface area contributed by atoms with Crippen LogP contribution in [0.2, 0.25) is 0 Å². The molecule has 234 valence electrons. The van der Waals surface area contributed by atoms with Gasteiger partial charge in [-0.2, -0.15) is 107 Å². The quantitative estimate of drug-likeness (QED) is 0.115. The van der Waals surface area contributed by atoms with E-state index >= 15 is 0 Å². The first-order valence-electron chi connectivity index (χ1n) is 14.6. The molecule has 2 aliphatic carbocycles. The zero-order chi connectivity index (χ0) is 31.2. The Balaban J connectivity index is 0.000000658. The molecule has 0 aromatic heterocycles. The van der Waals surface area contributed by atoms with Crippen molar-refractivity contribution in [3.05, 3.63) is 155 Å². The van der Waals surface area contributed by atoms with Crippen LogP contribution in [0.25, 0.3) is 11.1 Å². The van der Waals surface area contributed by atoms with Crippen molar-refractivity contribution in [1.29, 1.82) is 0 Å². The van der Waals surface area contributed by atoms with Gasteiger partial charge in [0.1, 0.15) is 0 Å². The van der Waals surface area contributed by atoms with E-state index < -0.39 is 0 Å². The Morgan fingerprint density at radius 1 is 0.682 bits per heavy atom. The summed E-state index contributed by atoms with van der Waals surface area (Å²) in [5.41, 5.74) is 11.3. The summed E-state index contributed by atoms with van der Waals surface area (Å²) in [6.07, 6.45) is 11.0. The summed E-state index contributed by atoms with van der Waals surface area (Å²) in [4.78, 5) is 3.25. The maximum absolute atomic E-state index is 3.53. The molecule has 0 aliphatic heterocycles. The fourth-order valence-electron chi connectivity index (χ4n) is 4.27. The molecule has 0 nitrogen and oxygen atoms in total. The number of halogens is 2. The summed E-state index contributed by atoms with van der Waals surface area (Å²) in [7, 11) is 0. The van der Waals surface area contributed by atoms with E-state index in [0.717, 1.165) is 12.8 Å². The van der Waals surface area contributed by atoms with E-state index in [1.165, 1.54) is 44.5 Å². The number of aryl methyl sites for hydroxylation is 2. The Morgan fingerprint density at radius 2 is 1.18 bits per heavy atom. The van der Waals surface area contributed by atoms with Crippen LogP contribution in [0, 0.1) is 38.1 Å². The van der Waals surface area contributed by atoms with Gasteiger partial charge in [-0.3, -0.25) is 6.08 Å². The third-order valence-corrected chi connectivity index (χ3v) is 6.88. The number of allylic oxidation sites excluding steroid dienone is 4. The van der Waals surface area contributed by atoms with Crippen molar-refractivity contribution in [2.45, 2.75) is 79.1 Å². The summed E-state index contributed by atoms with van der Waals surface area (Å²) in [6, 6.07) is 36.7. The summed E-state index contributed by atoms with van der Waals surface area (Å²) in [5, 5.41) is 0. The molecule has 0 bridgehead atoms. The van der Waals surface area contributed by atoms with Gasteiger partial charge < -0.3 is 0 Å². The molecule has 6 rings (SSSR count). The molecule has 4 aromatic carbocycles. The number of fused-ring (bicyclic) bond motifs is 3. The summed E-state index contributed by atoms with van der Waals surface area (Å²) < 4.78 is 0. The van der Waals surface area contributed by atoms with Crippen LogP contribution in [0.15, 0.2) is 97.1 Å². The van der Waals surface area contributed by atoms with E-state index in [0.29, 0.717) is 0 Å². The van der Waals surface area contributed by atoms with Crippen molar-refractivity contribution >= 4 is 29.6 Å². The van der Waals surface area contributed by atoms with Gasteiger partial charge >= 0.3 is 24.8 Å². The average molecular weight is 660 g/mol. The molecular weight excluding hydrogens is 611 g/mol. The second kappa shape index (κ2) is 20.5. The summed E-state index contributed by atoms with van der Waals surface area (Å²) >= 11 is 1.75. The Hall–Kier alpha value is -2.48. The van der Waals surface area contributed by atoms with Gasteiger partial charge in [0.15, 0.2) is 0 Å². The van der Waals surface area contributed by atoms with E-state index in [-0.39, 0.29) is 35.6 Å². The first-order chi connectivity index (χ1) is 19.9. The van der Waals surface area contributed by atoms with Gasteiger partial charge in [0.25, 0.3) is 0 Å². The van der Waals surface area contributed by atoms with E-state index in [9.17, 15) is 0 Å². The standard InChI is InChI=1S/C21H25.2C7H7.C5H5.CH2.2ClH.Ti/c1-20(2,3)16-9-7-14-11-15-8-10-17(21(4,5)6)13-19(15)18(14)12-16;2*1-7-5-3-2-4-6-7;1-2-4-5-3-1;;;;/h7,9-10,12-13H,11H2,1-6H3;2*3-6H,1H3;1-3H,4H2;1H2;2*1H;/q4*-1;;;;. The van der Waals surface area contributed by atoms with E-state index in [1.807, 2.05) is 60.7 Å². The molecule has 0 fully saturated rings. The Morgan fingerprint density at radius 3 is 1.55 bits per heavy atom. The minimum absolute atomic E-state index is 0. The van der Waals surface area contributed by atoms with Crippen molar-refractivity contribution in [3.8, 4) is 11.1 Å². The van der Waals surface area contributed by atoms with Crippen molar-refractivity contribution in [1.82, 2.24) is 0 Å². The molecule has 2 aliphatic rings. The summed E-state index contributed by atoms with van der Waals surface area (Å²) in [5.74, 6) is 0. The van der Waals surface area contributed by atoms with Crippen molar-refractivity contribution in [2.75, 3.05) is 0 Å². The maximum atomic E-state index is 3.53. The fraction of sp³-hybridized carbons (Fsp3) is 0.293. The molecule has 0 radical (unpaired) electrons. The molecule has 0 spiro atoms. The van der Waals surface area contributed by atoms with Crippen LogP contribution in [0.1, 0.15) is 81.3 Å². The molecule has 0 unspecified atom stereocenters. The van der Waals surface area contributed by atoms with Crippen molar-refractivity contribution in [2.24, 2.45) is 0 Å². The van der Waals surface area contributed by atoms with Gasteiger partial charge in [0, 0.05) is 0 Å². The van der Waals surface area contributed by atoms with Gasteiger partial charge in [0.05, 0.1) is 0 Å². The van der Waals surface area contributed by atoms with Crippen LogP contribution in [0.4, 0.5) is 0 Å². The Bertz CT molecular complexity index is 1310. The number of hydrogen-bond acceptors (Lipinski definition) is 0. The van der Waals surface area contributed by atoms with Gasteiger partial charge in [0.2, 0.25) is 0 Å². The van der Waals surface area contributed by atoms with Crippen LogP contribution in [0.3, 0.4) is 0 Å².